The van der Waals surface area contributed by atoms with Gasteiger partial charge in [0, 0.05) is 31.7 Å². The van der Waals surface area contributed by atoms with Crippen LogP contribution in [0, 0.1) is 0 Å². The van der Waals surface area contributed by atoms with Gasteiger partial charge in [0.1, 0.15) is 0 Å². The van der Waals surface area contributed by atoms with E-state index in [1.54, 1.807) is 5.56 Å². The van der Waals surface area contributed by atoms with Gasteiger partial charge >= 0.3 is 0 Å². The second-order valence-electron chi connectivity index (χ2n) is 6.60. The summed E-state index contributed by atoms with van der Waals surface area (Å²) in [7, 11) is 4.37. The summed E-state index contributed by atoms with van der Waals surface area (Å²) in [6.07, 6.45) is 3.91. The molecule has 2 aliphatic heterocycles. The van der Waals surface area contributed by atoms with Gasteiger partial charge in [0.2, 0.25) is 0 Å². The maximum Gasteiger partial charge on any atom is 0.0238 e. The fourth-order valence-electron chi connectivity index (χ4n) is 3.70. The highest BCUT2D eigenvalue weighted by atomic mass is 15.2. The lowest BCUT2D eigenvalue weighted by Crippen LogP contribution is -2.48. The number of likely N-dealkylation sites (tertiary alicyclic amines) is 1. The number of fused-ring (bicyclic) bond motifs is 1. The van der Waals surface area contributed by atoms with Gasteiger partial charge in [-0.25, -0.2) is 0 Å². The molecule has 2 atom stereocenters. The van der Waals surface area contributed by atoms with E-state index in [2.05, 4.69) is 53.5 Å². The molecule has 2 aliphatic rings. The van der Waals surface area contributed by atoms with Gasteiger partial charge in [-0.15, -0.1) is 0 Å². The van der Waals surface area contributed by atoms with Crippen LogP contribution in [0.5, 0.6) is 0 Å². The highest BCUT2D eigenvalue weighted by Gasteiger charge is 2.28. The summed E-state index contributed by atoms with van der Waals surface area (Å²) in [4.78, 5) is 5.03. The number of hydrogen-bond acceptors (Lipinski definition) is 3. The molecule has 0 spiro atoms. The van der Waals surface area contributed by atoms with E-state index >= 15 is 0 Å². The molecule has 3 heteroatoms. The van der Waals surface area contributed by atoms with Crippen molar-refractivity contribution >= 4 is 0 Å². The summed E-state index contributed by atoms with van der Waals surface area (Å²) in [5.41, 5.74) is 3.02. The Balaban J connectivity index is 1.59. The summed E-state index contributed by atoms with van der Waals surface area (Å²) in [6.45, 7) is 4.71. The molecular formula is C17H27N3. The standard InChI is InChI=1S/C17H27N3/c1-19(2)13-17-8-5-9-20(17)12-16-10-14-6-3-4-7-15(14)11-18-16/h3-4,6-7,16-18H,5,8-13H2,1-2H3. The first-order valence-corrected chi connectivity index (χ1v) is 7.91. The molecule has 2 unspecified atom stereocenters. The maximum atomic E-state index is 3.72. The van der Waals surface area contributed by atoms with Gasteiger partial charge in [0.25, 0.3) is 0 Å². The Morgan fingerprint density at radius 2 is 2.05 bits per heavy atom. The molecule has 110 valence electrons. The third-order valence-corrected chi connectivity index (χ3v) is 4.70. The first-order chi connectivity index (χ1) is 9.72. The Hall–Kier alpha value is -0.900. The number of hydrogen-bond donors (Lipinski definition) is 1. The van der Waals surface area contributed by atoms with Crippen molar-refractivity contribution in [2.75, 3.05) is 33.7 Å². The predicted octanol–water partition coefficient (Wildman–Crippen LogP) is 1.73. The highest BCUT2D eigenvalue weighted by Crippen LogP contribution is 2.21. The van der Waals surface area contributed by atoms with Crippen LogP contribution in [0.1, 0.15) is 24.0 Å². The van der Waals surface area contributed by atoms with Crippen molar-refractivity contribution in [2.45, 2.75) is 37.9 Å². The Bertz CT molecular complexity index is 444. The van der Waals surface area contributed by atoms with Crippen LogP contribution in [0.4, 0.5) is 0 Å². The molecule has 1 fully saturated rings. The van der Waals surface area contributed by atoms with Crippen molar-refractivity contribution < 1.29 is 0 Å². The first kappa shape index (κ1) is 14.1. The zero-order valence-corrected chi connectivity index (χ0v) is 12.8. The topological polar surface area (TPSA) is 18.5 Å². The largest absolute Gasteiger partial charge is 0.308 e. The van der Waals surface area contributed by atoms with Gasteiger partial charge < -0.3 is 10.2 Å². The third-order valence-electron chi connectivity index (χ3n) is 4.70. The predicted molar refractivity (Wildman–Crippen MR) is 83.9 cm³/mol. The van der Waals surface area contributed by atoms with E-state index in [1.165, 1.54) is 44.5 Å². The lowest BCUT2D eigenvalue weighted by molar-refractivity contribution is 0.186. The van der Waals surface area contributed by atoms with E-state index in [9.17, 15) is 0 Å². The maximum absolute atomic E-state index is 3.72. The van der Waals surface area contributed by atoms with E-state index in [0.717, 1.165) is 12.6 Å². The van der Waals surface area contributed by atoms with Crippen LogP contribution in [0.15, 0.2) is 24.3 Å². The molecule has 2 heterocycles. The van der Waals surface area contributed by atoms with Crippen LogP contribution >= 0.6 is 0 Å². The average Bonchev–Trinajstić information content (AvgIpc) is 2.85. The van der Waals surface area contributed by atoms with Gasteiger partial charge in [-0.05, 0) is 51.0 Å². The van der Waals surface area contributed by atoms with E-state index in [-0.39, 0.29) is 0 Å². The number of nitrogens with one attached hydrogen (secondary N) is 1. The molecule has 0 radical (unpaired) electrons. The van der Waals surface area contributed by atoms with E-state index in [1.807, 2.05) is 0 Å². The van der Waals surface area contributed by atoms with Crippen molar-refractivity contribution in [3.8, 4) is 0 Å². The SMILES string of the molecule is CN(C)CC1CCCN1CC1Cc2ccccc2CN1. The monoisotopic (exact) mass is 273 g/mol. The molecular weight excluding hydrogens is 246 g/mol. The van der Waals surface area contributed by atoms with Crippen molar-refractivity contribution in [1.29, 1.82) is 0 Å². The molecule has 0 saturated carbocycles. The van der Waals surface area contributed by atoms with Gasteiger partial charge in [-0.1, -0.05) is 24.3 Å². The highest BCUT2D eigenvalue weighted by molar-refractivity contribution is 5.30. The van der Waals surface area contributed by atoms with Crippen molar-refractivity contribution in [1.82, 2.24) is 15.1 Å². The van der Waals surface area contributed by atoms with Crippen LogP contribution in [0.2, 0.25) is 0 Å². The Morgan fingerprint density at radius 1 is 1.25 bits per heavy atom. The van der Waals surface area contributed by atoms with Gasteiger partial charge in [-0.3, -0.25) is 4.90 Å². The van der Waals surface area contributed by atoms with Crippen LogP contribution in [0.3, 0.4) is 0 Å². The van der Waals surface area contributed by atoms with E-state index in [4.69, 9.17) is 0 Å². The number of likely N-dealkylation sites (N-methyl/N-ethyl adjacent to an activating group) is 1. The minimum Gasteiger partial charge on any atom is -0.308 e. The summed E-state index contributed by atoms with van der Waals surface area (Å²) in [5, 5.41) is 3.72. The molecule has 20 heavy (non-hydrogen) atoms. The molecule has 3 nitrogen and oxygen atoms in total. The second kappa shape index (κ2) is 6.25. The third kappa shape index (κ3) is 3.22. The Morgan fingerprint density at radius 3 is 2.85 bits per heavy atom. The normalized spacial score (nSPS) is 26.9. The van der Waals surface area contributed by atoms with Gasteiger partial charge in [0.05, 0.1) is 0 Å². The minimum absolute atomic E-state index is 0.618. The summed E-state index contributed by atoms with van der Waals surface area (Å²) < 4.78 is 0. The molecule has 0 aromatic heterocycles. The van der Waals surface area contributed by atoms with Crippen LogP contribution in [-0.2, 0) is 13.0 Å². The summed E-state index contributed by atoms with van der Waals surface area (Å²) >= 11 is 0. The van der Waals surface area contributed by atoms with Crippen molar-refractivity contribution in [3.05, 3.63) is 35.4 Å². The first-order valence-electron chi connectivity index (χ1n) is 7.91. The zero-order chi connectivity index (χ0) is 13.9. The van der Waals surface area contributed by atoms with Crippen LogP contribution < -0.4 is 5.32 Å². The zero-order valence-electron chi connectivity index (χ0n) is 12.8. The Kier molecular flexibility index (Phi) is 4.39. The van der Waals surface area contributed by atoms with E-state index < -0.39 is 0 Å². The van der Waals surface area contributed by atoms with Crippen LogP contribution in [-0.4, -0.2) is 55.6 Å². The number of nitrogens with zero attached hydrogens (tertiary/aromatic N) is 2. The molecule has 0 bridgehead atoms. The summed E-state index contributed by atoms with van der Waals surface area (Å²) in [6, 6.07) is 10.2. The molecule has 1 saturated heterocycles. The molecule has 0 aliphatic carbocycles. The minimum atomic E-state index is 0.618. The van der Waals surface area contributed by atoms with E-state index in [0.29, 0.717) is 6.04 Å². The quantitative estimate of drug-likeness (QED) is 0.901. The fourth-order valence-corrected chi connectivity index (χ4v) is 3.70. The fraction of sp³-hybridized carbons (Fsp3) is 0.647. The Labute approximate surface area is 123 Å². The molecule has 1 aromatic rings. The molecule has 0 amide bonds. The van der Waals surface area contributed by atoms with Gasteiger partial charge in [-0.2, -0.15) is 0 Å². The molecule has 1 N–H and O–H groups in total. The van der Waals surface area contributed by atoms with Gasteiger partial charge in [0.15, 0.2) is 0 Å². The van der Waals surface area contributed by atoms with Crippen molar-refractivity contribution in [2.24, 2.45) is 0 Å². The lowest BCUT2D eigenvalue weighted by Gasteiger charge is -2.33. The second-order valence-corrected chi connectivity index (χ2v) is 6.60. The lowest BCUT2D eigenvalue weighted by atomic mass is 9.95. The molecule has 3 rings (SSSR count). The molecule has 1 aromatic carbocycles. The number of rotatable bonds is 4. The van der Waals surface area contributed by atoms with Crippen LogP contribution in [0.25, 0.3) is 0 Å². The smallest absolute Gasteiger partial charge is 0.0238 e. The van der Waals surface area contributed by atoms with Crippen molar-refractivity contribution in [3.63, 3.8) is 0 Å². The number of benzene rings is 1. The summed E-state index contributed by atoms with van der Waals surface area (Å²) in [5.74, 6) is 0. The average molecular weight is 273 g/mol.